The van der Waals surface area contributed by atoms with Crippen LogP contribution >= 0.6 is 0 Å². The van der Waals surface area contributed by atoms with Crippen LogP contribution in [0.1, 0.15) is 52.4 Å². The molecule has 3 heteroatoms. The van der Waals surface area contributed by atoms with E-state index in [4.69, 9.17) is 5.73 Å². The van der Waals surface area contributed by atoms with E-state index in [9.17, 15) is 4.79 Å². The van der Waals surface area contributed by atoms with Crippen LogP contribution in [0.2, 0.25) is 0 Å². The summed E-state index contributed by atoms with van der Waals surface area (Å²) in [5.74, 6) is -0.0168. The first-order chi connectivity index (χ1) is 6.74. The Balaban J connectivity index is 0.000000500. The van der Waals surface area contributed by atoms with Crippen molar-refractivity contribution in [3.05, 3.63) is 0 Å². The summed E-state index contributed by atoms with van der Waals surface area (Å²) in [6, 6.07) is 0.403. The van der Waals surface area contributed by atoms with Crippen LogP contribution in [-0.4, -0.2) is 18.5 Å². The number of hydrogen-bond donors (Lipinski definition) is 2. The molecule has 0 unspecified atom stereocenters. The molecule has 0 heterocycles. The highest BCUT2D eigenvalue weighted by molar-refractivity contribution is 5.78. The number of hydrogen-bond acceptors (Lipinski definition) is 2. The number of carbonyl (C=O) groups is 1. The molecule has 1 saturated carbocycles. The SMILES string of the molecule is CCC.NCC(=O)NC1CCCCC1. The second-order valence-corrected chi connectivity index (χ2v) is 3.81. The first-order valence-electron chi connectivity index (χ1n) is 5.74. The third-order valence-corrected chi connectivity index (χ3v) is 2.16. The quantitative estimate of drug-likeness (QED) is 0.714. The molecule has 0 aromatic heterocycles. The lowest BCUT2D eigenvalue weighted by Crippen LogP contribution is -2.39. The van der Waals surface area contributed by atoms with Gasteiger partial charge in [0.2, 0.25) is 5.91 Å². The largest absolute Gasteiger partial charge is 0.352 e. The van der Waals surface area contributed by atoms with Gasteiger partial charge in [0, 0.05) is 6.04 Å². The van der Waals surface area contributed by atoms with Gasteiger partial charge in [-0.2, -0.15) is 0 Å². The summed E-state index contributed by atoms with van der Waals surface area (Å²) >= 11 is 0. The summed E-state index contributed by atoms with van der Waals surface area (Å²) in [4.78, 5) is 10.8. The lowest BCUT2D eigenvalue weighted by Gasteiger charge is -2.22. The van der Waals surface area contributed by atoms with Gasteiger partial charge in [-0.3, -0.25) is 4.79 Å². The molecular weight excluding hydrogens is 176 g/mol. The van der Waals surface area contributed by atoms with Gasteiger partial charge < -0.3 is 11.1 Å². The van der Waals surface area contributed by atoms with Crippen molar-refractivity contribution in [3.8, 4) is 0 Å². The van der Waals surface area contributed by atoms with Gasteiger partial charge in [-0.15, -0.1) is 0 Å². The molecule has 1 fully saturated rings. The molecule has 0 saturated heterocycles. The van der Waals surface area contributed by atoms with Gasteiger partial charge in [-0.1, -0.05) is 39.5 Å². The molecule has 14 heavy (non-hydrogen) atoms. The zero-order chi connectivity index (χ0) is 10.8. The molecule has 0 aliphatic heterocycles. The molecule has 0 aromatic rings. The third-order valence-electron chi connectivity index (χ3n) is 2.16. The molecule has 0 spiro atoms. The zero-order valence-electron chi connectivity index (χ0n) is 9.51. The number of rotatable bonds is 2. The van der Waals surface area contributed by atoms with Crippen molar-refractivity contribution in [3.63, 3.8) is 0 Å². The maximum absolute atomic E-state index is 10.8. The van der Waals surface area contributed by atoms with Gasteiger partial charge >= 0.3 is 0 Å². The Morgan fingerprint density at radius 3 is 2.21 bits per heavy atom. The summed E-state index contributed by atoms with van der Waals surface area (Å²) in [5, 5.41) is 2.90. The molecule has 1 aliphatic carbocycles. The van der Waals surface area contributed by atoms with E-state index < -0.39 is 0 Å². The van der Waals surface area contributed by atoms with E-state index in [1.165, 1.54) is 25.7 Å². The summed E-state index contributed by atoms with van der Waals surface area (Å²) < 4.78 is 0. The average molecular weight is 200 g/mol. The Morgan fingerprint density at radius 2 is 1.79 bits per heavy atom. The van der Waals surface area contributed by atoms with E-state index in [1.807, 2.05) is 0 Å². The molecule has 3 N–H and O–H groups in total. The normalized spacial score (nSPS) is 16.8. The van der Waals surface area contributed by atoms with Crippen molar-refractivity contribution in [2.75, 3.05) is 6.54 Å². The minimum Gasteiger partial charge on any atom is -0.352 e. The van der Waals surface area contributed by atoms with Gasteiger partial charge in [0.1, 0.15) is 0 Å². The second kappa shape index (κ2) is 9.00. The zero-order valence-corrected chi connectivity index (χ0v) is 9.51. The van der Waals surface area contributed by atoms with Crippen LogP contribution in [0.25, 0.3) is 0 Å². The molecular formula is C11H24N2O. The fourth-order valence-electron chi connectivity index (χ4n) is 1.53. The smallest absolute Gasteiger partial charge is 0.233 e. The van der Waals surface area contributed by atoms with Crippen molar-refractivity contribution in [2.24, 2.45) is 5.73 Å². The minimum absolute atomic E-state index is 0.0168. The maximum Gasteiger partial charge on any atom is 0.233 e. The van der Waals surface area contributed by atoms with Crippen LogP contribution in [0, 0.1) is 0 Å². The van der Waals surface area contributed by atoms with Crippen molar-refractivity contribution in [2.45, 2.75) is 58.4 Å². The van der Waals surface area contributed by atoms with Gasteiger partial charge in [0.05, 0.1) is 6.54 Å². The van der Waals surface area contributed by atoms with E-state index in [-0.39, 0.29) is 12.5 Å². The van der Waals surface area contributed by atoms with Crippen LogP contribution in [0.4, 0.5) is 0 Å². The van der Waals surface area contributed by atoms with Crippen molar-refractivity contribution < 1.29 is 4.79 Å². The third kappa shape index (κ3) is 6.89. The topological polar surface area (TPSA) is 55.1 Å². The molecule has 0 bridgehead atoms. The highest BCUT2D eigenvalue weighted by atomic mass is 16.1. The summed E-state index contributed by atoms with van der Waals surface area (Å²) in [6.07, 6.45) is 7.32. The average Bonchev–Trinajstić information content (AvgIpc) is 2.20. The molecule has 1 amide bonds. The van der Waals surface area contributed by atoms with Gasteiger partial charge in [-0.05, 0) is 12.8 Å². The number of nitrogens with two attached hydrogens (primary N) is 1. The van der Waals surface area contributed by atoms with Crippen molar-refractivity contribution in [1.82, 2.24) is 5.32 Å². The molecule has 84 valence electrons. The van der Waals surface area contributed by atoms with Gasteiger partial charge in [-0.25, -0.2) is 0 Å². The second-order valence-electron chi connectivity index (χ2n) is 3.81. The van der Waals surface area contributed by atoms with Crippen LogP contribution in [0.5, 0.6) is 0 Å². The highest BCUT2D eigenvalue weighted by Gasteiger charge is 2.14. The Hall–Kier alpha value is -0.570. The predicted octanol–water partition coefficient (Wildman–Crippen LogP) is 1.81. The molecule has 0 aromatic carbocycles. The number of carbonyl (C=O) groups excluding carboxylic acids is 1. The molecule has 3 nitrogen and oxygen atoms in total. The van der Waals surface area contributed by atoms with E-state index in [2.05, 4.69) is 19.2 Å². The Labute approximate surface area is 87.4 Å². The maximum atomic E-state index is 10.8. The lowest BCUT2D eigenvalue weighted by molar-refractivity contribution is -0.120. The standard InChI is InChI=1S/C8H16N2O.C3H8/c9-6-8(11)10-7-4-2-1-3-5-7;1-3-2/h7H,1-6,9H2,(H,10,11);3H2,1-2H3. The monoisotopic (exact) mass is 200 g/mol. The minimum atomic E-state index is -0.0168. The van der Waals surface area contributed by atoms with Crippen molar-refractivity contribution in [1.29, 1.82) is 0 Å². The summed E-state index contributed by atoms with van der Waals surface area (Å²) in [6.45, 7) is 4.37. The fraction of sp³-hybridized carbons (Fsp3) is 0.909. The predicted molar refractivity (Wildman–Crippen MR) is 60.0 cm³/mol. The number of nitrogens with one attached hydrogen (secondary N) is 1. The molecule has 0 atom stereocenters. The van der Waals surface area contributed by atoms with Crippen molar-refractivity contribution >= 4 is 5.91 Å². The van der Waals surface area contributed by atoms with E-state index in [0.717, 1.165) is 12.8 Å². The summed E-state index contributed by atoms with van der Waals surface area (Å²) in [7, 11) is 0. The first kappa shape index (κ1) is 13.4. The Morgan fingerprint density at radius 1 is 1.29 bits per heavy atom. The Kier molecular flexibility index (Phi) is 8.64. The molecule has 1 rings (SSSR count). The van der Waals surface area contributed by atoms with E-state index in [1.54, 1.807) is 0 Å². The molecule has 0 radical (unpaired) electrons. The van der Waals surface area contributed by atoms with Gasteiger partial charge in [0.25, 0.3) is 0 Å². The van der Waals surface area contributed by atoms with Crippen LogP contribution in [-0.2, 0) is 4.79 Å². The Bertz CT molecular complexity index is 142. The lowest BCUT2D eigenvalue weighted by atomic mass is 9.95. The van der Waals surface area contributed by atoms with Crippen LogP contribution < -0.4 is 11.1 Å². The van der Waals surface area contributed by atoms with Crippen LogP contribution in [0.3, 0.4) is 0 Å². The molecule has 1 aliphatic rings. The van der Waals surface area contributed by atoms with E-state index in [0.29, 0.717) is 6.04 Å². The van der Waals surface area contributed by atoms with E-state index >= 15 is 0 Å². The number of amides is 1. The highest BCUT2D eigenvalue weighted by Crippen LogP contribution is 2.16. The van der Waals surface area contributed by atoms with Crippen LogP contribution in [0.15, 0.2) is 0 Å². The fourth-order valence-corrected chi connectivity index (χ4v) is 1.53. The van der Waals surface area contributed by atoms with Gasteiger partial charge in [0.15, 0.2) is 0 Å². The summed E-state index contributed by atoms with van der Waals surface area (Å²) in [5.41, 5.74) is 5.18. The first-order valence-corrected chi connectivity index (χ1v) is 5.74.